The lowest BCUT2D eigenvalue weighted by Crippen LogP contribution is -2.47. The van der Waals surface area contributed by atoms with E-state index in [-0.39, 0.29) is 12.4 Å². The third-order valence-electron chi connectivity index (χ3n) is 5.38. The number of β-amino-alcohol motifs (C(OH)–C–C–N with tert-alkyl or cyclic N) is 1. The van der Waals surface area contributed by atoms with Gasteiger partial charge in [0.1, 0.15) is 5.78 Å². The Balaban J connectivity index is 1.55. The van der Waals surface area contributed by atoms with Crippen LogP contribution in [0, 0.1) is 0 Å². The predicted molar refractivity (Wildman–Crippen MR) is 135 cm³/mol. The molecule has 9 nitrogen and oxygen atoms in total. The summed E-state index contributed by atoms with van der Waals surface area (Å²) >= 11 is 3.05. The van der Waals surface area contributed by atoms with Crippen molar-refractivity contribution in [1.82, 2.24) is 24.8 Å². The highest BCUT2D eigenvalue weighted by Crippen LogP contribution is 2.29. The summed E-state index contributed by atoms with van der Waals surface area (Å²) in [4.78, 5) is 36.5. The van der Waals surface area contributed by atoms with Crippen LogP contribution in [-0.2, 0) is 17.6 Å². The van der Waals surface area contributed by atoms with Gasteiger partial charge in [-0.25, -0.2) is 4.98 Å². The molecule has 2 N–H and O–H groups in total. The number of anilines is 3. The summed E-state index contributed by atoms with van der Waals surface area (Å²) in [6, 6.07) is 7.91. The Morgan fingerprint density at radius 2 is 1.91 bits per heavy atom. The van der Waals surface area contributed by atoms with E-state index in [0.29, 0.717) is 30.0 Å². The van der Waals surface area contributed by atoms with Crippen LogP contribution < -0.4 is 10.2 Å². The lowest BCUT2D eigenvalue weighted by Gasteiger charge is -2.34. The quantitative estimate of drug-likeness (QED) is 0.432. The Hall–Kier alpha value is -2.60. The van der Waals surface area contributed by atoms with Gasteiger partial charge in [0.2, 0.25) is 11.9 Å². The molecule has 11 heteroatoms. The van der Waals surface area contributed by atoms with E-state index in [4.69, 9.17) is 4.98 Å². The number of nitrogens with zero attached hydrogens (tertiary/aromatic N) is 6. The Kier molecular flexibility index (Phi) is 8.44. The third-order valence-corrected chi connectivity index (χ3v) is 7.31. The van der Waals surface area contributed by atoms with Crippen molar-refractivity contribution in [2.24, 2.45) is 0 Å². The minimum absolute atomic E-state index is 0.144. The summed E-state index contributed by atoms with van der Waals surface area (Å²) < 4.78 is 0. The lowest BCUT2D eigenvalue weighted by molar-refractivity contribution is -0.116. The van der Waals surface area contributed by atoms with Crippen molar-refractivity contribution < 1.29 is 9.90 Å². The third kappa shape index (κ3) is 6.72. The number of carbonyl (C=O) groups excluding carboxylic acids is 1. The molecule has 4 rings (SSSR count). The number of rotatable bonds is 10. The number of ketones is 1. The average molecular weight is 500 g/mol. The van der Waals surface area contributed by atoms with E-state index >= 15 is 0 Å². The van der Waals surface area contributed by atoms with Crippen LogP contribution >= 0.6 is 23.1 Å². The number of aliphatic hydroxyl groups excluding tert-OH is 1. The summed E-state index contributed by atoms with van der Waals surface area (Å²) in [7, 11) is 0. The van der Waals surface area contributed by atoms with Crippen LogP contribution in [0.3, 0.4) is 0 Å². The van der Waals surface area contributed by atoms with Crippen LogP contribution in [0.2, 0.25) is 0 Å². The number of hydrogen-bond acceptors (Lipinski definition) is 11. The van der Waals surface area contributed by atoms with Crippen molar-refractivity contribution in [1.29, 1.82) is 0 Å². The standard InChI is InChI=1S/C23H29N7O2S2/c1-3-18-15-24-22(33-18)26-20-25-21(30-10-8-29(9-11-30)12-13-31)28-23(27-20)34-19-6-4-17(5-7-19)14-16(2)32/h4-7,15,31H,3,8-14H2,1-2H3,(H,24,25,26,27,28). The second-order valence-electron chi connectivity index (χ2n) is 8.03. The zero-order valence-electron chi connectivity index (χ0n) is 19.4. The zero-order valence-corrected chi connectivity index (χ0v) is 21.0. The SMILES string of the molecule is CCc1cnc(Nc2nc(Sc3ccc(CC(C)=O)cc3)nc(N3CCN(CCO)CC3)n2)s1. The number of thiazole rings is 1. The van der Waals surface area contributed by atoms with E-state index < -0.39 is 0 Å². The topological polar surface area (TPSA) is 107 Å². The molecular weight excluding hydrogens is 470 g/mol. The molecular formula is C23H29N7O2S2. The molecule has 1 saturated heterocycles. The maximum absolute atomic E-state index is 11.4. The number of nitrogens with one attached hydrogen (secondary N) is 1. The largest absolute Gasteiger partial charge is 0.395 e. The van der Waals surface area contributed by atoms with Gasteiger partial charge in [-0.1, -0.05) is 19.1 Å². The van der Waals surface area contributed by atoms with Gasteiger partial charge in [0.05, 0.1) is 6.61 Å². The van der Waals surface area contributed by atoms with Crippen LogP contribution in [0.1, 0.15) is 24.3 Å². The molecule has 1 aliphatic heterocycles. The van der Waals surface area contributed by atoms with Gasteiger partial charge < -0.3 is 10.0 Å². The summed E-state index contributed by atoms with van der Waals surface area (Å²) in [6.45, 7) is 7.81. The van der Waals surface area contributed by atoms with E-state index in [2.05, 4.69) is 37.0 Å². The molecule has 1 fully saturated rings. The van der Waals surface area contributed by atoms with Crippen molar-refractivity contribution in [3.8, 4) is 0 Å². The second-order valence-corrected chi connectivity index (χ2v) is 10.2. The fraction of sp³-hybridized carbons (Fsp3) is 0.435. The highest BCUT2D eigenvalue weighted by molar-refractivity contribution is 7.99. The molecule has 0 atom stereocenters. The molecule has 2 aromatic heterocycles. The lowest BCUT2D eigenvalue weighted by atomic mass is 10.1. The molecule has 3 heterocycles. The van der Waals surface area contributed by atoms with Gasteiger partial charge in [0.25, 0.3) is 0 Å². The van der Waals surface area contributed by atoms with Gasteiger partial charge in [-0.3, -0.25) is 15.0 Å². The highest BCUT2D eigenvalue weighted by atomic mass is 32.2. The Morgan fingerprint density at radius 3 is 2.56 bits per heavy atom. The number of Topliss-reactive ketones (excluding diaryl/α,β-unsaturated/α-hetero) is 1. The number of hydrogen-bond donors (Lipinski definition) is 2. The molecule has 3 aromatic rings. The monoisotopic (exact) mass is 499 g/mol. The first-order valence-corrected chi connectivity index (χ1v) is 13.0. The first-order chi connectivity index (χ1) is 16.5. The first-order valence-electron chi connectivity index (χ1n) is 11.3. The molecule has 0 saturated carbocycles. The van der Waals surface area contributed by atoms with E-state index in [1.165, 1.54) is 16.6 Å². The number of piperazine rings is 1. The van der Waals surface area contributed by atoms with Gasteiger partial charge in [-0.15, -0.1) is 11.3 Å². The van der Waals surface area contributed by atoms with E-state index in [9.17, 15) is 9.90 Å². The molecule has 1 aromatic carbocycles. The Morgan fingerprint density at radius 1 is 1.15 bits per heavy atom. The zero-order chi connectivity index (χ0) is 23.9. The van der Waals surface area contributed by atoms with Crippen LogP contribution in [0.4, 0.5) is 17.0 Å². The fourth-order valence-corrected chi connectivity index (χ4v) is 5.08. The van der Waals surface area contributed by atoms with Crippen molar-refractivity contribution in [2.45, 2.75) is 36.7 Å². The van der Waals surface area contributed by atoms with Gasteiger partial charge in [0, 0.05) is 55.1 Å². The minimum atomic E-state index is 0.144. The summed E-state index contributed by atoms with van der Waals surface area (Å²) in [5.41, 5.74) is 0.992. The van der Waals surface area contributed by atoms with E-state index in [1.54, 1.807) is 18.3 Å². The summed E-state index contributed by atoms with van der Waals surface area (Å²) in [5.74, 6) is 1.24. The molecule has 0 spiro atoms. The van der Waals surface area contributed by atoms with Gasteiger partial charge in [0.15, 0.2) is 10.3 Å². The molecule has 1 aliphatic rings. The predicted octanol–water partition coefficient (Wildman–Crippen LogP) is 3.03. The van der Waals surface area contributed by atoms with Gasteiger partial charge >= 0.3 is 0 Å². The van der Waals surface area contributed by atoms with E-state index in [1.807, 2.05) is 30.5 Å². The average Bonchev–Trinajstić information content (AvgIpc) is 3.28. The number of benzene rings is 1. The molecule has 0 radical (unpaired) electrons. The molecule has 0 amide bonds. The van der Waals surface area contributed by atoms with Crippen LogP contribution in [0.15, 0.2) is 40.5 Å². The number of aromatic nitrogens is 4. The van der Waals surface area contributed by atoms with Crippen molar-refractivity contribution >= 4 is 45.9 Å². The first kappa shape index (κ1) is 24.5. The van der Waals surface area contributed by atoms with Crippen LogP contribution in [-0.4, -0.2) is 75.1 Å². The molecule has 180 valence electrons. The van der Waals surface area contributed by atoms with Gasteiger partial charge in [-0.2, -0.15) is 15.0 Å². The normalized spacial score (nSPS) is 14.4. The number of carbonyl (C=O) groups is 1. The maximum atomic E-state index is 11.4. The molecule has 0 unspecified atom stereocenters. The van der Waals surface area contributed by atoms with Crippen molar-refractivity contribution in [2.75, 3.05) is 49.5 Å². The van der Waals surface area contributed by atoms with Crippen molar-refractivity contribution in [3.05, 3.63) is 40.9 Å². The summed E-state index contributed by atoms with van der Waals surface area (Å²) in [5, 5.41) is 13.8. The molecule has 0 bridgehead atoms. The Labute approximate surface area is 207 Å². The molecule has 0 aliphatic carbocycles. The van der Waals surface area contributed by atoms with Crippen molar-refractivity contribution in [3.63, 3.8) is 0 Å². The summed E-state index contributed by atoms with van der Waals surface area (Å²) in [6.07, 6.45) is 3.24. The van der Waals surface area contributed by atoms with E-state index in [0.717, 1.165) is 48.2 Å². The Bertz CT molecular complexity index is 1100. The second kappa shape index (κ2) is 11.7. The smallest absolute Gasteiger partial charge is 0.234 e. The minimum Gasteiger partial charge on any atom is -0.395 e. The van der Waals surface area contributed by atoms with Crippen LogP contribution in [0.25, 0.3) is 0 Å². The maximum Gasteiger partial charge on any atom is 0.234 e. The van der Waals surface area contributed by atoms with Crippen LogP contribution in [0.5, 0.6) is 0 Å². The number of aliphatic hydroxyl groups is 1. The number of aryl methyl sites for hydroxylation is 1. The highest BCUT2D eigenvalue weighted by Gasteiger charge is 2.21. The molecule has 34 heavy (non-hydrogen) atoms. The fourth-order valence-electron chi connectivity index (χ4n) is 3.59. The van der Waals surface area contributed by atoms with Gasteiger partial charge in [-0.05, 0) is 42.8 Å².